The minimum Gasteiger partial charge on any atom is -0.497 e. The molecule has 2 N–H and O–H groups in total. The standard InChI is InChI=1S/C34H39N3O7S2/c1-22(2)25-20-30(33(39)35-26-8-6-24(7-9-26)34-36-29-14-5-23(3)19-31(29)45-34)44-32(21-25)43-18-16-37(15-17-38)46(40,41)28-12-10-27(42-4)11-13-28/h5-14,19-20,22,25,32,38H,15-18,21H2,1-4H3,(H,35,39)/t25-,32+/m0/s1. The van der Waals surface area contributed by atoms with Crippen LogP contribution in [0.4, 0.5) is 5.69 Å². The number of sulfonamides is 1. The third-order valence-electron chi connectivity index (χ3n) is 7.79. The molecule has 4 aromatic rings. The number of nitrogens with zero attached hydrogens (tertiary/aromatic N) is 2. The Labute approximate surface area is 273 Å². The number of aliphatic hydroxyl groups is 1. The molecule has 10 nitrogen and oxygen atoms in total. The van der Waals surface area contributed by atoms with Gasteiger partial charge in [-0.3, -0.25) is 4.79 Å². The molecule has 12 heteroatoms. The lowest BCUT2D eigenvalue weighted by Gasteiger charge is -2.31. The topological polar surface area (TPSA) is 127 Å². The van der Waals surface area contributed by atoms with Gasteiger partial charge in [0.05, 0.1) is 35.4 Å². The largest absolute Gasteiger partial charge is 0.497 e. The van der Waals surface area contributed by atoms with Gasteiger partial charge in [-0.15, -0.1) is 11.3 Å². The number of hydrogen-bond acceptors (Lipinski definition) is 9. The van der Waals surface area contributed by atoms with Crippen molar-refractivity contribution in [1.29, 1.82) is 0 Å². The number of aryl methyl sites for hydroxylation is 1. The van der Waals surface area contributed by atoms with E-state index in [-0.39, 0.29) is 48.8 Å². The molecule has 3 aromatic carbocycles. The molecule has 5 rings (SSSR count). The van der Waals surface area contributed by atoms with Gasteiger partial charge in [0.25, 0.3) is 5.91 Å². The van der Waals surface area contributed by atoms with Gasteiger partial charge in [0.1, 0.15) is 10.8 Å². The SMILES string of the molecule is COc1ccc(S(=O)(=O)N(CCO)CCO[C@H]2C[C@@H](C(C)C)C=C(C(=O)Nc3ccc(-c4nc5ccc(C)cc5s4)cc3)O2)cc1. The average Bonchev–Trinajstić information content (AvgIpc) is 3.47. The number of amides is 1. The number of fused-ring (bicyclic) bond motifs is 1. The molecule has 0 saturated carbocycles. The van der Waals surface area contributed by atoms with Crippen molar-refractivity contribution >= 4 is 43.2 Å². The van der Waals surface area contributed by atoms with Gasteiger partial charge in [0.2, 0.25) is 16.3 Å². The summed E-state index contributed by atoms with van der Waals surface area (Å²) < 4.78 is 45.8. The van der Waals surface area contributed by atoms with Crippen molar-refractivity contribution in [3.63, 3.8) is 0 Å². The summed E-state index contributed by atoms with van der Waals surface area (Å²) in [7, 11) is -2.38. The Morgan fingerprint density at radius 2 is 1.85 bits per heavy atom. The highest BCUT2D eigenvalue weighted by atomic mass is 32.2. The zero-order chi connectivity index (χ0) is 32.8. The summed E-state index contributed by atoms with van der Waals surface area (Å²) in [6.07, 6.45) is 1.59. The molecule has 244 valence electrons. The number of hydrogen-bond donors (Lipinski definition) is 2. The molecule has 2 atom stereocenters. The van der Waals surface area contributed by atoms with Crippen LogP contribution in [-0.2, 0) is 24.3 Å². The smallest absolute Gasteiger partial charge is 0.290 e. The van der Waals surface area contributed by atoms with Crippen molar-refractivity contribution in [2.45, 2.75) is 38.4 Å². The molecule has 2 heterocycles. The Kier molecular flexibility index (Phi) is 10.7. The maximum absolute atomic E-state index is 13.3. The molecule has 0 bridgehead atoms. The first-order chi connectivity index (χ1) is 22.1. The fraction of sp³-hybridized carbons (Fsp3) is 0.353. The molecule has 1 aromatic heterocycles. The van der Waals surface area contributed by atoms with E-state index in [0.717, 1.165) is 20.8 Å². The van der Waals surface area contributed by atoms with E-state index >= 15 is 0 Å². The van der Waals surface area contributed by atoms with E-state index < -0.39 is 22.2 Å². The second-order valence-corrected chi connectivity index (χ2v) is 14.4. The number of carbonyl (C=O) groups excluding carboxylic acids is 1. The van der Waals surface area contributed by atoms with E-state index in [1.54, 1.807) is 23.5 Å². The maximum atomic E-state index is 13.3. The Hall–Kier alpha value is -3.81. The predicted octanol–water partition coefficient (Wildman–Crippen LogP) is 5.82. The Bertz CT molecular complexity index is 1790. The Balaban J connectivity index is 1.21. The lowest BCUT2D eigenvalue weighted by molar-refractivity contribution is -0.148. The van der Waals surface area contributed by atoms with Crippen LogP contribution in [0.3, 0.4) is 0 Å². The van der Waals surface area contributed by atoms with Crippen LogP contribution in [0.25, 0.3) is 20.8 Å². The van der Waals surface area contributed by atoms with Crippen LogP contribution in [0.2, 0.25) is 0 Å². The number of anilines is 1. The molecule has 1 aliphatic heterocycles. The van der Waals surface area contributed by atoms with E-state index in [9.17, 15) is 18.3 Å². The fourth-order valence-corrected chi connectivity index (χ4v) is 7.58. The predicted molar refractivity (Wildman–Crippen MR) is 179 cm³/mol. The first-order valence-electron chi connectivity index (χ1n) is 15.1. The summed E-state index contributed by atoms with van der Waals surface area (Å²) in [4.78, 5) is 18.1. The van der Waals surface area contributed by atoms with E-state index in [1.165, 1.54) is 29.1 Å². The lowest BCUT2D eigenvalue weighted by atomic mass is 9.90. The highest BCUT2D eigenvalue weighted by Crippen LogP contribution is 2.32. The summed E-state index contributed by atoms with van der Waals surface area (Å²) in [5.41, 5.74) is 3.72. The van der Waals surface area contributed by atoms with Gasteiger partial charge in [-0.1, -0.05) is 19.9 Å². The van der Waals surface area contributed by atoms with Crippen molar-refractivity contribution in [1.82, 2.24) is 9.29 Å². The van der Waals surface area contributed by atoms with Gasteiger partial charge in [0, 0.05) is 30.8 Å². The second kappa shape index (κ2) is 14.7. The molecule has 0 saturated heterocycles. The average molecular weight is 666 g/mol. The van der Waals surface area contributed by atoms with Gasteiger partial charge in [0.15, 0.2) is 5.76 Å². The first kappa shape index (κ1) is 33.6. The molecular weight excluding hydrogens is 627 g/mol. The molecule has 0 unspecified atom stereocenters. The number of carbonyl (C=O) groups is 1. The van der Waals surface area contributed by atoms with Crippen LogP contribution in [0.1, 0.15) is 25.8 Å². The zero-order valence-electron chi connectivity index (χ0n) is 26.3. The van der Waals surface area contributed by atoms with Crippen molar-refractivity contribution < 1.29 is 32.5 Å². The molecule has 1 aliphatic rings. The molecule has 46 heavy (non-hydrogen) atoms. The molecule has 0 aliphatic carbocycles. The summed E-state index contributed by atoms with van der Waals surface area (Å²) >= 11 is 1.63. The van der Waals surface area contributed by atoms with Gasteiger partial charge < -0.3 is 24.6 Å². The monoisotopic (exact) mass is 665 g/mol. The highest BCUT2D eigenvalue weighted by Gasteiger charge is 2.30. The van der Waals surface area contributed by atoms with Crippen molar-refractivity contribution in [3.8, 4) is 16.3 Å². The van der Waals surface area contributed by atoms with Gasteiger partial charge in [-0.25, -0.2) is 13.4 Å². The summed E-state index contributed by atoms with van der Waals surface area (Å²) in [5, 5.41) is 13.4. The molecule has 0 radical (unpaired) electrons. The minimum absolute atomic E-state index is 0.00651. The van der Waals surface area contributed by atoms with Crippen molar-refractivity contribution in [2.75, 3.05) is 38.7 Å². The highest BCUT2D eigenvalue weighted by molar-refractivity contribution is 7.89. The first-order valence-corrected chi connectivity index (χ1v) is 17.4. The molecule has 0 fully saturated rings. The third-order valence-corrected chi connectivity index (χ3v) is 10.8. The number of rotatable bonds is 13. The summed E-state index contributed by atoms with van der Waals surface area (Å²) in [6.45, 7) is 5.74. The molecule has 0 spiro atoms. The molecular formula is C34H39N3O7S2. The van der Waals surface area contributed by atoms with Crippen LogP contribution in [0, 0.1) is 18.8 Å². The van der Waals surface area contributed by atoms with E-state index in [0.29, 0.717) is 17.9 Å². The van der Waals surface area contributed by atoms with E-state index in [2.05, 4.69) is 32.2 Å². The lowest BCUT2D eigenvalue weighted by Crippen LogP contribution is -2.38. The normalized spacial score (nSPS) is 16.8. The number of thiazole rings is 1. The number of aromatic nitrogens is 1. The van der Waals surface area contributed by atoms with Crippen LogP contribution >= 0.6 is 11.3 Å². The number of methoxy groups -OCH3 is 1. The summed E-state index contributed by atoms with van der Waals surface area (Å²) in [6, 6.07) is 19.8. The van der Waals surface area contributed by atoms with Crippen molar-refractivity contribution in [3.05, 3.63) is 84.1 Å². The van der Waals surface area contributed by atoms with Gasteiger partial charge in [-0.2, -0.15) is 4.31 Å². The number of nitrogens with one attached hydrogen (secondary N) is 1. The zero-order valence-corrected chi connectivity index (χ0v) is 27.9. The Morgan fingerprint density at radius 3 is 2.52 bits per heavy atom. The number of ether oxygens (including phenoxy) is 3. The van der Waals surface area contributed by atoms with Crippen LogP contribution in [0.15, 0.2) is 83.5 Å². The van der Waals surface area contributed by atoms with E-state index in [4.69, 9.17) is 19.2 Å². The quantitative estimate of drug-likeness (QED) is 0.183. The van der Waals surface area contributed by atoms with Crippen LogP contribution in [0.5, 0.6) is 5.75 Å². The van der Waals surface area contributed by atoms with Crippen LogP contribution in [-0.4, -0.2) is 68.4 Å². The second-order valence-electron chi connectivity index (χ2n) is 11.4. The van der Waals surface area contributed by atoms with Crippen LogP contribution < -0.4 is 10.1 Å². The number of benzene rings is 3. The minimum atomic E-state index is -3.89. The maximum Gasteiger partial charge on any atom is 0.290 e. The van der Waals surface area contributed by atoms with Gasteiger partial charge >= 0.3 is 0 Å². The van der Waals surface area contributed by atoms with Gasteiger partial charge in [-0.05, 0) is 91.1 Å². The fourth-order valence-electron chi connectivity index (χ4n) is 5.10. The number of aliphatic hydroxyl groups excluding tert-OH is 1. The third kappa shape index (κ3) is 7.94. The van der Waals surface area contributed by atoms with Crippen molar-refractivity contribution in [2.24, 2.45) is 11.8 Å². The summed E-state index contributed by atoms with van der Waals surface area (Å²) in [5.74, 6) is 0.525. The Morgan fingerprint density at radius 1 is 1.11 bits per heavy atom. The number of allylic oxidation sites excluding steroid dienone is 1. The molecule has 1 amide bonds. The van der Waals surface area contributed by atoms with E-state index in [1.807, 2.05) is 42.5 Å².